The Labute approximate surface area is 103 Å². The second-order valence-electron chi connectivity index (χ2n) is 4.82. The lowest BCUT2D eigenvalue weighted by Gasteiger charge is -2.13. The monoisotopic (exact) mass is 241 g/mol. The molecule has 1 aromatic heterocycles. The molecule has 0 amide bonds. The van der Waals surface area contributed by atoms with Gasteiger partial charge in [0.1, 0.15) is 10.0 Å². The third-order valence-corrected chi connectivity index (χ3v) is 3.43. The molecule has 0 radical (unpaired) electrons. The standard InChI is InChI=1S/C12H23N3S/c1-9(2)6-5-7-10(3)13-8-12-15-14-11(4)16-12/h9-10,13H,5-8H2,1-4H3. The highest BCUT2D eigenvalue weighted by Crippen LogP contribution is 2.10. The maximum atomic E-state index is 4.10. The van der Waals surface area contributed by atoms with Crippen molar-refractivity contribution >= 4 is 11.3 Å². The molecule has 4 heteroatoms. The van der Waals surface area contributed by atoms with Crippen LogP contribution in [-0.4, -0.2) is 16.2 Å². The topological polar surface area (TPSA) is 37.8 Å². The number of rotatable bonds is 7. The Morgan fingerprint density at radius 1 is 1.19 bits per heavy atom. The molecule has 16 heavy (non-hydrogen) atoms. The molecular formula is C12H23N3S. The number of hydrogen-bond acceptors (Lipinski definition) is 4. The average molecular weight is 241 g/mol. The summed E-state index contributed by atoms with van der Waals surface area (Å²) in [6.07, 6.45) is 3.88. The van der Waals surface area contributed by atoms with Gasteiger partial charge >= 0.3 is 0 Å². The van der Waals surface area contributed by atoms with Crippen LogP contribution in [0.5, 0.6) is 0 Å². The quantitative estimate of drug-likeness (QED) is 0.797. The van der Waals surface area contributed by atoms with Crippen LogP contribution in [0, 0.1) is 12.8 Å². The molecule has 92 valence electrons. The van der Waals surface area contributed by atoms with Crippen LogP contribution in [0.25, 0.3) is 0 Å². The molecule has 0 aliphatic carbocycles. The van der Waals surface area contributed by atoms with Gasteiger partial charge in [-0.3, -0.25) is 0 Å². The molecule has 0 fully saturated rings. The van der Waals surface area contributed by atoms with E-state index in [9.17, 15) is 0 Å². The summed E-state index contributed by atoms with van der Waals surface area (Å²) in [5.41, 5.74) is 0. The summed E-state index contributed by atoms with van der Waals surface area (Å²) < 4.78 is 0. The number of aromatic nitrogens is 2. The molecule has 1 aromatic rings. The van der Waals surface area contributed by atoms with Gasteiger partial charge in [-0.25, -0.2) is 0 Å². The molecule has 0 aliphatic rings. The highest BCUT2D eigenvalue weighted by atomic mass is 32.1. The van der Waals surface area contributed by atoms with Crippen LogP contribution in [-0.2, 0) is 6.54 Å². The Bertz CT molecular complexity index is 296. The molecule has 0 spiro atoms. The van der Waals surface area contributed by atoms with E-state index in [1.807, 2.05) is 6.92 Å². The second-order valence-corrected chi connectivity index (χ2v) is 6.09. The van der Waals surface area contributed by atoms with Crippen molar-refractivity contribution in [2.45, 2.75) is 59.5 Å². The van der Waals surface area contributed by atoms with Crippen molar-refractivity contribution in [3.05, 3.63) is 10.0 Å². The first-order valence-electron chi connectivity index (χ1n) is 6.10. The molecule has 0 bridgehead atoms. The van der Waals surface area contributed by atoms with Gasteiger partial charge in [-0.2, -0.15) is 0 Å². The van der Waals surface area contributed by atoms with Crippen LogP contribution in [0.15, 0.2) is 0 Å². The molecule has 0 saturated carbocycles. The zero-order valence-corrected chi connectivity index (χ0v) is 11.6. The van der Waals surface area contributed by atoms with Crippen LogP contribution in [0.3, 0.4) is 0 Å². The minimum Gasteiger partial charge on any atom is -0.308 e. The second kappa shape index (κ2) is 6.97. The largest absolute Gasteiger partial charge is 0.308 e. The van der Waals surface area contributed by atoms with E-state index in [0.29, 0.717) is 6.04 Å². The maximum Gasteiger partial charge on any atom is 0.131 e. The number of hydrogen-bond donors (Lipinski definition) is 1. The summed E-state index contributed by atoms with van der Waals surface area (Å²) in [6, 6.07) is 0.572. The Kier molecular flexibility index (Phi) is 5.91. The fraction of sp³-hybridized carbons (Fsp3) is 0.833. The van der Waals surface area contributed by atoms with Crippen molar-refractivity contribution in [2.24, 2.45) is 5.92 Å². The smallest absolute Gasteiger partial charge is 0.131 e. The molecule has 1 unspecified atom stereocenters. The molecule has 0 aromatic carbocycles. The van der Waals surface area contributed by atoms with Crippen molar-refractivity contribution in [3.63, 3.8) is 0 Å². The minimum absolute atomic E-state index is 0.572. The Balaban J connectivity index is 2.12. The summed E-state index contributed by atoms with van der Waals surface area (Å²) in [4.78, 5) is 0. The van der Waals surface area contributed by atoms with Gasteiger partial charge in [0, 0.05) is 12.6 Å². The van der Waals surface area contributed by atoms with Crippen molar-refractivity contribution in [1.82, 2.24) is 15.5 Å². The molecule has 1 rings (SSSR count). The van der Waals surface area contributed by atoms with Crippen LogP contribution in [0.1, 0.15) is 50.0 Å². The lowest BCUT2D eigenvalue weighted by atomic mass is 10.0. The first-order valence-corrected chi connectivity index (χ1v) is 6.92. The van der Waals surface area contributed by atoms with Crippen molar-refractivity contribution in [2.75, 3.05) is 0 Å². The van der Waals surface area contributed by atoms with E-state index in [1.165, 1.54) is 19.3 Å². The summed E-state index contributed by atoms with van der Waals surface area (Å²) >= 11 is 1.67. The average Bonchev–Trinajstić information content (AvgIpc) is 2.61. The molecule has 0 saturated heterocycles. The number of aryl methyl sites for hydroxylation is 1. The summed E-state index contributed by atoms with van der Waals surface area (Å²) in [5, 5.41) is 13.7. The van der Waals surface area contributed by atoms with Crippen molar-refractivity contribution < 1.29 is 0 Å². The van der Waals surface area contributed by atoms with Gasteiger partial charge < -0.3 is 5.32 Å². The maximum absolute atomic E-state index is 4.10. The van der Waals surface area contributed by atoms with Crippen molar-refractivity contribution in [3.8, 4) is 0 Å². The Hall–Kier alpha value is -0.480. The van der Waals surface area contributed by atoms with Crippen LogP contribution < -0.4 is 5.32 Å². The third kappa shape index (κ3) is 5.56. The van der Waals surface area contributed by atoms with E-state index in [0.717, 1.165) is 22.5 Å². The number of nitrogens with zero attached hydrogens (tertiary/aromatic N) is 2. The molecule has 1 N–H and O–H groups in total. The molecule has 1 atom stereocenters. The van der Waals surface area contributed by atoms with Gasteiger partial charge in [-0.15, -0.1) is 21.5 Å². The van der Waals surface area contributed by atoms with E-state index in [4.69, 9.17) is 0 Å². The van der Waals surface area contributed by atoms with E-state index in [2.05, 4.69) is 36.3 Å². The van der Waals surface area contributed by atoms with E-state index < -0.39 is 0 Å². The van der Waals surface area contributed by atoms with Gasteiger partial charge in [0.15, 0.2) is 0 Å². The lowest BCUT2D eigenvalue weighted by molar-refractivity contribution is 0.456. The van der Waals surface area contributed by atoms with Gasteiger partial charge in [0.2, 0.25) is 0 Å². The van der Waals surface area contributed by atoms with Gasteiger partial charge in [0.05, 0.1) is 0 Å². The predicted molar refractivity (Wildman–Crippen MR) is 69.6 cm³/mol. The fourth-order valence-corrected chi connectivity index (χ4v) is 2.26. The zero-order valence-electron chi connectivity index (χ0n) is 10.8. The summed E-state index contributed by atoms with van der Waals surface area (Å²) in [5.74, 6) is 0.818. The molecule has 1 heterocycles. The van der Waals surface area contributed by atoms with Gasteiger partial charge in [-0.05, 0) is 26.2 Å². The third-order valence-electron chi connectivity index (χ3n) is 2.59. The fourth-order valence-electron chi connectivity index (χ4n) is 1.60. The van der Waals surface area contributed by atoms with Crippen LogP contribution in [0.2, 0.25) is 0 Å². The Morgan fingerprint density at radius 2 is 1.94 bits per heavy atom. The SMILES string of the molecule is Cc1nnc(CNC(C)CCCC(C)C)s1. The summed E-state index contributed by atoms with van der Waals surface area (Å²) in [6.45, 7) is 9.65. The van der Waals surface area contributed by atoms with E-state index >= 15 is 0 Å². The van der Waals surface area contributed by atoms with Gasteiger partial charge in [0.25, 0.3) is 0 Å². The summed E-state index contributed by atoms with van der Waals surface area (Å²) in [7, 11) is 0. The first-order chi connectivity index (χ1) is 7.58. The van der Waals surface area contributed by atoms with Crippen LogP contribution >= 0.6 is 11.3 Å². The zero-order chi connectivity index (χ0) is 12.0. The first kappa shape index (κ1) is 13.6. The molecule has 3 nitrogen and oxygen atoms in total. The van der Waals surface area contributed by atoms with Crippen LogP contribution in [0.4, 0.5) is 0 Å². The highest BCUT2D eigenvalue weighted by Gasteiger charge is 2.05. The lowest BCUT2D eigenvalue weighted by Crippen LogP contribution is -2.25. The molecule has 0 aliphatic heterocycles. The van der Waals surface area contributed by atoms with Crippen molar-refractivity contribution in [1.29, 1.82) is 0 Å². The minimum atomic E-state index is 0.572. The highest BCUT2D eigenvalue weighted by molar-refractivity contribution is 7.11. The van der Waals surface area contributed by atoms with E-state index in [-0.39, 0.29) is 0 Å². The Morgan fingerprint density at radius 3 is 2.50 bits per heavy atom. The normalized spacial score (nSPS) is 13.3. The predicted octanol–water partition coefficient (Wildman–Crippen LogP) is 3.15. The van der Waals surface area contributed by atoms with E-state index in [1.54, 1.807) is 11.3 Å². The molecular weight excluding hydrogens is 218 g/mol. The van der Waals surface area contributed by atoms with Gasteiger partial charge in [-0.1, -0.05) is 26.7 Å². The number of nitrogens with one attached hydrogen (secondary N) is 1.